The molecule has 0 saturated carbocycles. The molecule has 0 aliphatic carbocycles. The molecule has 0 aromatic rings. The van der Waals surface area contributed by atoms with Gasteiger partial charge >= 0.3 is 24.4 Å². The van der Waals surface area contributed by atoms with E-state index in [4.69, 9.17) is 14.3 Å². The minimum Gasteiger partial charge on any atom is -0.449 e. The highest BCUT2D eigenvalue weighted by molar-refractivity contribution is 8.15. The van der Waals surface area contributed by atoms with E-state index in [-0.39, 0.29) is 24.7 Å². The molecule has 0 unspecified atom stereocenters. The molecule has 0 aromatic carbocycles. The van der Waals surface area contributed by atoms with Crippen LogP contribution in [0.25, 0.3) is 0 Å². The monoisotopic (exact) mass is 631 g/mol. The first-order valence-corrected chi connectivity index (χ1v) is 14.8. The van der Waals surface area contributed by atoms with Crippen LogP contribution in [0.15, 0.2) is 10.3 Å². The maximum Gasteiger partial charge on any atom is 0.447 e. The minimum atomic E-state index is -0.922. The Kier molecular flexibility index (Phi) is 18.8. The number of amides is 5. The van der Waals surface area contributed by atoms with E-state index in [0.29, 0.717) is 17.9 Å². The molecule has 0 bridgehead atoms. The van der Waals surface area contributed by atoms with Crippen molar-refractivity contribution in [1.82, 2.24) is 22.1 Å². The van der Waals surface area contributed by atoms with E-state index in [0.717, 1.165) is 41.1 Å². The zero-order valence-corrected chi connectivity index (χ0v) is 26.1. The molecule has 0 fully saturated rings. The van der Waals surface area contributed by atoms with Gasteiger partial charge in [-0.2, -0.15) is 11.8 Å². The summed E-state index contributed by atoms with van der Waals surface area (Å²) < 4.78 is 14.2. The van der Waals surface area contributed by atoms with Gasteiger partial charge in [0.25, 0.3) is 5.91 Å². The summed E-state index contributed by atoms with van der Waals surface area (Å²) in [6.07, 6.45) is 1.91. The number of oxime groups is 2. The lowest BCUT2D eigenvalue weighted by atomic mass is 10.5. The molecule has 39 heavy (non-hydrogen) atoms. The Balaban J connectivity index is 4.34. The molecule has 0 heterocycles. The second-order valence-electron chi connectivity index (χ2n) is 6.99. The molecule has 0 rings (SSSR count). The van der Waals surface area contributed by atoms with Crippen LogP contribution < -0.4 is 0 Å². The highest BCUT2D eigenvalue weighted by Crippen LogP contribution is 2.16. The highest BCUT2D eigenvalue weighted by Gasteiger charge is 2.21. The van der Waals surface area contributed by atoms with Crippen molar-refractivity contribution in [1.29, 1.82) is 0 Å². The molecule has 0 aliphatic rings. The van der Waals surface area contributed by atoms with Crippen molar-refractivity contribution in [3.05, 3.63) is 0 Å². The molecule has 5 amide bonds. The van der Waals surface area contributed by atoms with Crippen LogP contribution in [-0.4, -0.2) is 137 Å². The van der Waals surface area contributed by atoms with Crippen LogP contribution in [0.3, 0.4) is 0 Å². The molecule has 0 aromatic heterocycles. The van der Waals surface area contributed by atoms with E-state index < -0.39 is 30.3 Å². The number of hydrogen-bond acceptors (Lipinski definition) is 15. The Morgan fingerprint density at radius 3 is 1.62 bits per heavy atom. The number of carbonyl (C=O) groups is 5. The van der Waals surface area contributed by atoms with Crippen molar-refractivity contribution < 1.29 is 43.1 Å². The summed E-state index contributed by atoms with van der Waals surface area (Å²) in [5.74, 6) is 0.158. The summed E-state index contributed by atoms with van der Waals surface area (Å²) >= 11 is 3.94. The standard InChI is InChI=1S/C19H33N7O9S4/c1-22(2)15(27)14(37-8)21-35-19(31)26(6)39-24(4)17(29)33-12-9-11-32-16(28)23(3)38-25(5)18(30)34-20-10-13-36-7/h10H,9,11-13H2,1-8H3. The fraction of sp³-hybridized carbons (Fsp3) is 0.632. The van der Waals surface area contributed by atoms with Crippen LogP contribution in [0.5, 0.6) is 0 Å². The zero-order valence-electron chi connectivity index (χ0n) is 22.8. The lowest BCUT2D eigenvalue weighted by molar-refractivity contribution is -0.121. The van der Waals surface area contributed by atoms with Gasteiger partial charge in [0, 0.05) is 54.5 Å². The van der Waals surface area contributed by atoms with Crippen molar-refractivity contribution in [2.24, 2.45) is 10.3 Å². The van der Waals surface area contributed by atoms with Crippen LogP contribution >= 0.6 is 47.8 Å². The topological polar surface area (TPSA) is 163 Å². The number of ether oxygens (including phenoxy) is 2. The Bertz CT molecular complexity index is 895. The SMILES string of the molecule is CSCC=NOC(=O)N(C)SN(C)C(=O)OCCCOC(=O)N(C)SN(C)C(=O)ON=C(SC)C(=O)N(C)C. The quantitative estimate of drug-likeness (QED) is 0.0772. The molecule has 0 radical (unpaired) electrons. The van der Waals surface area contributed by atoms with E-state index in [2.05, 4.69) is 15.1 Å². The maximum absolute atomic E-state index is 12.1. The van der Waals surface area contributed by atoms with Gasteiger partial charge in [0.05, 0.1) is 43.7 Å². The van der Waals surface area contributed by atoms with Crippen LogP contribution in [0, 0.1) is 0 Å². The molecule has 0 spiro atoms. The predicted molar refractivity (Wildman–Crippen MR) is 153 cm³/mol. The minimum absolute atomic E-state index is 0.0219. The van der Waals surface area contributed by atoms with Crippen LogP contribution in [0.1, 0.15) is 6.42 Å². The van der Waals surface area contributed by atoms with Gasteiger partial charge in [0.15, 0.2) is 0 Å². The van der Waals surface area contributed by atoms with Gasteiger partial charge in [-0.1, -0.05) is 10.3 Å². The van der Waals surface area contributed by atoms with E-state index >= 15 is 0 Å². The van der Waals surface area contributed by atoms with Crippen LogP contribution in [0.2, 0.25) is 0 Å². The van der Waals surface area contributed by atoms with E-state index in [1.165, 1.54) is 65.2 Å². The summed E-state index contributed by atoms with van der Waals surface area (Å²) in [7, 11) is 8.56. The molecule has 16 nitrogen and oxygen atoms in total. The molecule has 0 aliphatic heterocycles. The van der Waals surface area contributed by atoms with Crippen molar-refractivity contribution in [2.75, 3.05) is 73.8 Å². The molecule has 0 N–H and O–H groups in total. The lowest BCUT2D eigenvalue weighted by Crippen LogP contribution is -2.31. The zero-order chi connectivity index (χ0) is 30.0. The van der Waals surface area contributed by atoms with Crippen LogP contribution in [-0.2, 0) is 23.9 Å². The summed E-state index contributed by atoms with van der Waals surface area (Å²) in [6, 6.07) is 0. The lowest BCUT2D eigenvalue weighted by Gasteiger charge is -2.21. The first-order chi connectivity index (χ1) is 18.3. The van der Waals surface area contributed by atoms with Gasteiger partial charge in [-0.05, 0) is 12.5 Å². The Labute approximate surface area is 244 Å². The third kappa shape index (κ3) is 15.5. The van der Waals surface area contributed by atoms with Gasteiger partial charge in [-0.3, -0.25) is 14.5 Å². The molecular weight excluding hydrogens is 599 g/mol. The number of nitrogens with zero attached hydrogens (tertiary/aromatic N) is 7. The Morgan fingerprint density at radius 1 is 0.718 bits per heavy atom. The molecule has 20 heteroatoms. The van der Waals surface area contributed by atoms with Gasteiger partial charge in [-0.15, -0.1) is 11.8 Å². The Morgan fingerprint density at radius 2 is 1.18 bits per heavy atom. The van der Waals surface area contributed by atoms with Gasteiger partial charge in [0.1, 0.15) is 0 Å². The summed E-state index contributed by atoms with van der Waals surface area (Å²) in [6.45, 7) is -0.134. The third-order valence-corrected chi connectivity index (χ3v) is 6.39. The summed E-state index contributed by atoms with van der Waals surface area (Å²) in [5.41, 5.74) is 0. The van der Waals surface area contributed by atoms with E-state index in [9.17, 15) is 24.0 Å². The molecular formula is C19H33N7O9S4. The fourth-order valence-electron chi connectivity index (χ4n) is 1.80. The maximum atomic E-state index is 12.1. The summed E-state index contributed by atoms with van der Waals surface area (Å²) in [4.78, 5) is 70.6. The average molecular weight is 632 g/mol. The second kappa shape index (κ2) is 20.2. The Hall–Kier alpha value is -2.71. The smallest absolute Gasteiger partial charge is 0.447 e. The first-order valence-electron chi connectivity index (χ1n) is 10.8. The predicted octanol–water partition coefficient (Wildman–Crippen LogP) is 2.89. The summed E-state index contributed by atoms with van der Waals surface area (Å²) in [5, 5.41) is 7.03. The molecule has 0 saturated heterocycles. The van der Waals surface area contributed by atoms with Crippen molar-refractivity contribution in [2.45, 2.75) is 6.42 Å². The number of hydrogen-bond donors (Lipinski definition) is 0. The number of rotatable bonds is 12. The third-order valence-electron chi connectivity index (χ3n) is 3.69. The molecule has 0 atom stereocenters. The van der Waals surface area contributed by atoms with Gasteiger partial charge in [0.2, 0.25) is 5.04 Å². The fourth-order valence-corrected chi connectivity index (χ4v) is 3.65. The first kappa shape index (κ1) is 36.3. The van der Waals surface area contributed by atoms with Crippen molar-refractivity contribution in [3.8, 4) is 0 Å². The van der Waals surface area contributed by atoms with E-state index in [1.54, 1.807) is 6.26 Å². The van der Waals surface area contributed by atoms with Gasteiger partial charge in [-0.25, -0.2) is 36.4 Å². The molecule has 222 valence electrons. The van der Waals surface area contributed by atoms with Crippen molar-refractivity contribution in [3.63, 3.8) is 0 Å². The van der Waals surface area contributed by atoms with Gasteiger partial charge < -0.3 is 14.4 Å². The van der Waals surface area contributed by atoms with Crippen molar-refractivity contribution >= 4 is 89.3 Å². The normalized spacial score (nSPS) is 10.9. The van der Waals surface area contributed by atoms with E-state index in [1.807, 2.05) is 6.26 Å². The number of carbonyl (C=O) groups excluding carboxylic acids is 5. The average Bonchev–Trinajstić information content (AvgIpc) is 2.90. The van der Waals surface area contributed by atoms with Crippen LogP contribution in [0.4, 0.5) is 19.2 Å². The highest BCUT2D eigenvalue weighted by atomic mass is 32.2. The largest absolute Gasteiger partial charge is 0.449 e. The number of thioether (sulfide) groups is 2. The second-order valence-corrected chi connectivity index (χ2v) is 11.2.